The van der Waals surface area contributed by atoms with E-state index in [0.29, 0.717) is 24.1 Å². The van der Waals surface area contributed by atoms with Gasteiger partial charge in [0.15, 0.2) is 0 Å². The molecule has 0 fully saturated rings. The fourth-order valence-electron chi connectivity index (χ4n) is 5.68. The Morgan fingerprint density at radius 1 is 0.800 bits per heavy atom. The number of carboxylic acids is 1. The van der Waals surface area contributed by atoms with Gasteiger partial charge in [-0.3, -0.25) is 14.4 Å². The lowest BCUT2D eigenvalue weighted by Crippen LogP contribution is -2.15. The number of hydrogen-bond acceptors (Lipinski definition) is 3. The minimum absolute atomic E-state index is 0.00451. The fourth-order valence-corrected chi connectivity index (χ4v) is 5.68. The van der Waals surface area contributed by atoms with Gasteiger partial charge < -0.3 is 20.4 Å². The van der Waals surface area contributed by atoms with E-state index < -0.39 is 5.97 Å². The van der Waals surface area contributed by atoms with Crippen molar-refractivity contribution in [2.24, 2.45) is 4.99 Å². The fraction of sp³-hybridized carbons (Fsp3) is 0.375. The third kappa shape index (κ3) is 5.30. The zero-order valence-electron chi connectivity index (χ0n) is 24.4. The molecule has 2 aliphatic rings. The summed E-state index contributed by atoms with van der Waals surface area (Å²) >= 11 is 0. The highest BCUT2D eigenvalue weighted by Gasteiger charge is 2.24. The summed E-state index contributed by atoms with van der Waals surface area (Å²) in [6.45, 7) is 13.8. The lowest BCUT2D eigenvalue weighted by Gasteiger charge is -2.03. The van der Waals surface area contributed by atoms with E-state index >= 15 is 0 Å². The highest BCUT2D eigenvalue weighted by Crippen LogP contribution is 2.28. The van der Waals surface area contributed by atoms with E-state index in [1.165, 1.54) is 0 Å². The first-order valence-electron chi connectivity index (χ1n) is 13.9. The highest BCUT2D eigenvalue weighted by atomic mass is 16.4. The zero-order valence-corrected chi connectivity index (χ0v) is 24.4. The maximum Gasteiger partial charge on any atom is 0.303 e. The van der Waals surface area contributed by atoms with Crippen LogP contribution in [0.1, 0.15) is 87.5 Å². The summed E-state index contributed by atoms with van der Waals surface area (Å²) in [6, 6.07) is 0. The van der Waals surface area contributed by atoms with Crippen molar-refractivity contribution in [3.8, 4) is 0 Å². The van der Waals surface area contributed by atoms with Crippen molar-refractivity contribution in [2.45, 2.75) is 80.6 Å². The van der Waals surface area contributed by atoms with Gasteiger partial charge in [0.25, 0.3) is 11.8 Å². The number of rotatable bonds is 9. The van der Waals surface area contributed by atoms with Crippen LogP contribution < -0.4 is 16.0 Å². The molecule has 4 rings (SSSR count). The summed E-state index contributed by atoms with van der Waals surface area (Å²) in [4.78, 5) is 47.3. The molecule has 0 radical (unpaired) electrons. The number of nitrogens with one attached hydrogen (secondary N) is 3. The largest absolute Gasteiger partial charge is 0.481 e. The van der Waals surface area contributed by atoms with Gasteiger partial charge in [-0.1, -0.05) is 20.8 Å². The van der Waals surface area contributed by atoms with Crippen molar-refractivity contribution in [3.05, 3.63) is 72.3 Å². The van der Waals surface area contributed by atoms with Crippen LogP contribution in [-0.4, -0.2) is 38.6 Å². The van der Waals surface area contributed by atoms with Gasteiger partial charge in [0.2, 0.25) is 0 Å². The number of aromatic nitrogens is 2. The molecule has 2 aromatic rings. The summed E-state index contributed by atoms with van der Waals surface area (Å²) in [5.41, 5.74) is 10.8. The van der Waals surface area contributed by atoms with E-state index in [2.05, 4.69) is 34.1 Å². The number of aromatic amines is 2. The van der Waals surface area contributed by atoms with E-state index in [1.54, 1.807) is 6.92 Å². The molecule has 8 heteroatoms. The molecule has 8 nitrogen and oxygen atoms in total. The Kier molecular flexibility index (Phi) is 8.28. The van der Waals surface area contributed by atoms with E-state index in [9.17, 15) is 19.5 Å². The number of aliphatic imine (C=N–C) groups is 1. The highest BCUT2D eigenvalue weighted by molar-refractivity contribution is 6.30. The second-order valence-corrected chi connectivity index (χ2v) is 10.4. The number of hydrogen-bond donors (Lipinski definition) is 4. The van der Waals surface area contributed by atoms with Gasteiger partial charge >= 0.3 is 5.97 Å². The van der Waals surface area contributed by atoms with Gasteiger partial charge in [0, 0.05) is 45.4 Å². The molecule has 0 saturated heterocycles. The maximum absolute atomic E-state index is 12.3. The van der Waals surface area contributed by atoms with Crippen LogP contribution in [0.2, 0.25) is 0 Å². The number of amides is 2. The maximum atomic E-state index is 12.3. The summed E-state index contributed by atoms with van der Waals surface area (Å²) in [6.07, 6.45) is 8.56. The van der Waals surface area contributed by atoms with Gasteiger partial charge in [0.05, 0.1) is 5.71 Å². The normalized spacial score (nSPS) is 17.7. The summed E-state index contributed by atoms with van der Waals surface area (Å²) < 4.78 is 0. The first kappa shape index (κ1) is 28.8. The van der Waals surface area contributed by atoms with Crippen LogP contribution in [0, 0.1) is 13.8 Å². The molecule has 40 heavy (non-hydrogen) atoms. The molecular weight excluding hydrogens is 504 g/mol. The zero-order chi connectivity index (χ0) is 29.3. The van der Waals surface area contributed by atoms with Gasteiger partial charge in [-0.15, -0.1) is 0 Å². The Hall–Kier alpha value is -4.20. The molecule has 0 aromatic carbocycles. The number of carbonyl (C=O) groups is 3. The lowest BCUT2D eigenvalue weighted by atomic mass is 10.0. The Labute approximate surface area is 234 Å². The van der Waals surface area contributed by atoms with Crippen molar-refractivity contribution in [1.29, 1.82) is 0 Å². The van der Waals surface area contributed by atoms with Crippen molar-refractivity contribution in [3.63, 3.8) is 0 Å². The molecule has 0 saturated carbocycles. The lowest BCUT2D eigenvalue weighted by molar-refractivity contribution is -0.137. The molecule has 0 bridgehead atoms. The Morgan fingerprint density at radius 2 is 1.50 bits per heavy atom. The SMILES string of the molecule is CCC1=C(C)C(=O)N=C1/C=c1/[nH]/c(=C\c2[nH]c(/C=C3\NC(=O)C(C)=C3CC)c(C)c2CC)c(CCC(=O)O)c1C. The summed E-state index contributed by atoms with van der Waals surface area (Å²) in [5.74, 6) is -1.13. The third-order valence-electron chi connectivity index (χ3n) is 8.08. The molecular formula is C32H38N4O4. The Morgan fingerprint density at radius 3 is 2.12 bits per heavy atom. The molecule has 210 valence electrons. The minimum atomic E-state index is -0.859. The summed E-state index contributed by atoms with van der Waals surface area (Å²) in [7, 11) is 0. The topological polar surface area (TPSA) is 127 Å². The predicted molar refractivity (Wildman–Crippen MR) is 158 cm³/mol. The van der Waals surface area contributed by atoms with Crippen molar-refractivity contribution < 1.29 is 19.5 Å². The number of allylic oxidation sites excluding steroid dienone is 2. The molecule has 2 aliphatic heterocycles. The number of aliphatic carboxylic acids is 1. The molecule has 2 aromatic heterocycles. The van der Waals surface area contributed by atoms with Crippen LogP contribution in [0.3, 0.4) is 0 Å². The molecule has 4 heterocycles. The van der Waals surface area contributed by atoms with Crippen LogP contribution in [0.4, 0.5) is 0 Å². The number of nitrogens with zero attached hydrogens (tertiary/aromatic N) is 1. The van der Waals surface area contributed by atoms with Gasteiger partial charge in [-0.25, -0.2) is 4.99 Å². The van der Waals surface area contributed by atoms with E-state index in [4.69, 9.17) is 0 Å². The van der Waals surface area contributed by atoms with Crippen LogP contribution in [0.25, 0.3) is 18.2 Å². The van der Waals surface area contributed by atoms with E-state index in [-0.39, 0.29) is 18.2 Å². The number of carbonyl (C=O) groups excluding carboxylic acids is 2. The first-order chi connectivity index (χ1) is 19.0. The number of carboxylic acid groups (broad SMARTS) is 1. The number of H-pyrrole nitrogens is 2. The van der Waals surface area contributed by atoms with Crippen LogP contribution in [0.5, 0.6) is 0 Å². The molecule has 0 aliphatic carbocycles. The standard InChI is InChI=1S/C32H38N4O4/c1-8-20-16(4)24(13-27-21(9-2)18(6)31(39)35-27)33-26(20)15-29-23(11-12-30(37)38)17(5)25(34-29)14-28-22(10-3)19(7)32(40)36-28/h13-15,33-34H,8-12H2,1-7H3,(H,35,39)(H,37,38)/b25-14+,27-13-,29-15-. The van der Waals surface area contributed by atoms with E-state index in [1.807, 2.05) is 45.9 Å². The molecule has 2 amide bonds. The predicted octanol–water partition coefficient (Wildman–Crippen LogP) is 4.05. The average molecular weight is 543 g/mol. The molecule has 0 atom stereocenters. The monoisotopic (exact) mass is 542 g/mol. The van der Waals surface area contributed by atoms with E-state index in [0.717, 1.165) is 79.6 Å². The Balaban J connectivity index is 1.88. The first-order valence-corrected chi connectivity index (χ1v) is 13.9. The van der Waals surface area contributed by atoms with Crippen molar-refractivity contribution in [2.75, 3.05) is 0 Å². The smallest absolute Gasteiger partial charge is 0.303 e. The second kappa shape index (κ2) is 11.5. The average Bonchev–Trinajstić information content (AvgIpc) is 3.55. The van der Waals surface area contributed by atoms with Gasteiger partial charge in [-0.2, -0.15) is 0 Å². The van der Waals surface area contributed by atoms with Crippen LogP contribution in [0.15, 0.2) is 33.0 Å². The van der Waals surface area contributed by atoms with Crippen LogP contribution in [-0.2, 0) is 27.2 Å². The molecule has 0 unspecified atom stereocenters. The quantitative estimate of drug-likeness (QED) is 0.381. The minimum Gasteiger partial charge on any atom is -0.481 e. The Bertz CT molecular complexity index is 1670. The molecule has 4 N–H and O–H groups in total. The second-order valence-electron chi connectivity index (χ2n) is 10.4. The molecule has 0 spiro atoms. The van der Waals surface area contributed by atoms with Gasteiger partial charge in [-0.05, 0) is 105 Å². The van der Waals surface area contributed by atoms with Gasteiger partial charge in [0.1, 0.15) is 0 Å². The van der Waals surface area contributed by atoms with Crippen molar-refractivity contribution >= 4 is 41.7 Å². The third-order valence-corrected chi connectivity index (χ3v) is 8.08. The van der Waals surface area contributed by atoms with Crippen molar-refractivity contribution in [1.82, 2.24) is 15.3 Å². The van der Waals surface area contributed by atoms with Crippen LogP contribution >= 0.6 is 0 Å². The summed E-state index contributed by atoms with van der Waals surface area (Å²) in [5, 5.41) is 14.0.